The Bertz CT molecular complexity index is 228. The number of nitrogens with zero attached hydrogens (tertiary/aromatic N) is 1. The second-order valence-corrected chi connectivity index (χ2v) is 3.14. The van der Waals surface area contributed by atoms with Crippen LogP contribution in [0.5, 0.6) is 0 Å². The van der Waals surface area contributed by atoms with E-state index in [-0.39, 0.29) is 5.91 Å². The number of carboxylic acid groups (broad SMARTS) is 2. The van der Waals surface area contributed by atoms with Gasteiger partial charge < -0.3 is 20.8 Å². The maximum Gasteiger partial charge on any atom is 0.414 e. The summed E-state index contributed by atoms with van der Waals surface area (Å²) in [6.45, 7) is 0.681. The molecule has 0 aliphatic carbocycles. The van der Waals surface area contributed by atoms with Gasteiger partial charge in [-0.3, -0.25) is 4.79 Å². The van der Waals surface area contributed by atoms with Crippen molar-refractivity contribution in [3.63, 3.8) is 0 Å². The van der Waals surface area contributed by atoms with E-state index in [9.17, 15) is 4.79 Å². The van der Waals surface area contributed by atoms with Crippen molar-refractivity contribution in [3.05, 3.63) is 0 Å². The van der Waals surface area contributed by atoms with Gasteiger partial charge in [0.25, 0.3) is 0 Å². The molecule has 0 aromatic carbocycles. The molecule has 0 saturated carbocycles. The Morgan fingerprint density at radius 1 is 1.06 bits per heavy atom. The van der Waals surface area contributed by atoms with Crippen LogP contribution in [0.3, 0.4) is 0 Å². The van der Waals surface area contributed by atoms with Crippen molar-refractivity contribution in [1.82, 2.24) is 4.90 Å². The van der Waals surface area contributed by atoms with Gasteiger partial charge in [-0.2, -0.15) is 0 Å². The van der Waals surface area contributed by atoms with E-state index in [1.807, 2.05) is 0 Å². The predicted molar refractivity (Wildman–Crippen MR) is 56.9 cm³/mol. The molecule has 0 spiro atoms. The summed E-state index contributed by atoms with van der Waals surface area (Å²) in [5.41, 5.74) is 5.27. The summed E-state index contributed by atoms with van der Waals surface area (Å²) in [5.74, 6) is -3.46. The fourth-order valence-electron chi connectivity index (χ4n) is 0.644. The molecule has 0 bridgehead atoms. The van der Waals surface area contributed by atoms with Crippen LogP contribution in [0, 0.1) is 0 Å². The summed E-state index contributed by atoms with van der Waals surface area (Å²) >= 11 is 0. The molecule has 0 atom stereocenters. The second-order valence-electron chi connectivity index (χ2n) is 3.14. The average molecular weight is 234 g/mol. The van der Waals surface area contributed by atoms with E-state index < -0.39 is 11.9 Å². The molecule has 0 fully saturated rings. The van der Waals surface area contributed by atoms with E-state index in [0.29, 0.717) is 13.0 Å². The Balaban J connectivity index is 0. The molecule has 16 heavy (non-hydrogen) atoms. The number of carbonyl (C=O) groups is 3. The summed E-state index contributed by atoms with van der Waals surface area (Å²) in [6.07, 6.45) is 2.48. The minimum absolute atomic E-state index is 0.188. The van der Waals surface area contributed by atoms with E-state index in [1.54, 1.807) is 19.0 Å². The molecule has 0 heterocycles. The number of carboxylic acids is 2. The Hall–Kier alpha value is -1.63. The zero-order valence-electron chi connectivity index (χ0n) is 9.47. The minimum atomic E-state index is -1.82. The first-order valence-corrected chi connectivity index (χ1v) is 4.69. The lowest BCUT2D eigenvalue weighted by atomic mass is 10.2. The number of hydrogen-bond donors (Lipinski definition) is 3. The molecule has 7 heteroatoms. The fourth-order valence-corrected chi connectivity index (χ4v) is 0.644. The summed E-state index contributed by atoms with van der Waals surface area (Å²) in [7, 11) is 3.54. The molecule has 0 unspecified atom stereocenters. The molecule has 7 nitrogen and oxygen atoms in total. The Morgan fingerprint density at radius 3 is 1.75 bits per heavy atom. The summed E-state index contributed by atoms with van der Waals surface area (Å²) in [4.78, 5) is 30.7. The summed E-state index contributed by atoms with van der Waals surface area (Å²) in [6, 6.07) is 0. The highest BCUT2D eigenvalue weighted by Gasteiger charge is 2.04. The van der Waals surface area contributed by atoms with Gasteiger partial charge in [0, 0.05) is 20.5 Å². The predicted octanol–water partition coefficient (Wildman–Crippen LogP) is -0.641. The normalized spacial score (nSPS) is 8.69. The van der Waals surface area contributed by atoms with Gasteiger partial charge in [0.2, 0.25) is 5.91 Å². The highest BCUT2D eigenvalue weighted by atomic mass is 16.4. The van der Waals surface area contributed by atoms with Gasteiger partial charge in [-0.1, -0.05) is 0 Å². The molecular formula is C9H18N2O5. The third kappa shape index (κ3) is 12.4. The maximum absolute atomic E-state index is 10.9. The largest absolute Gasteiger partial charge is 0.473 e. The monoisotopic (exact) mass is 234 g/mol. The number of rotatable bonds is 4. The lowest BCUT2D eigenvalue weighted by molar-refractivity contribution is -0.159. The summed E-state index contributed by atoms with van der Waals surface area (Å²) < 4.78 is 0. The highest BCUT2D eigenvalue weighted by Crippen LogP contribution is 1.95. The Morgan fingerprint density at radius 2 is 1.50 bits per heavy atom. The van der Waals surface area contributed by atoms with Gasteiger partial charge in [-0.25, -0.2) is 9.59 Å². The van der Waals surface area contributed by atoms with Crippen LogP contribution < -0.4 is 5.73 Å². The van der Waals surface area contributed by atoms with Crippen molar-refractivity contribution in [2.75, 3.05) is 20.6 Å². The first-order chi connectivity index (χ1) is 7.32. The van der Waals surface area contributed by atoms with Crippen LogP contribution in [0.25, 0.3) is 0 Å². The number of aliphatic carboxylic acids is 2. The van der Waals surface area contributed by atoms with Crippen molar-refractivity contribution in [2.24, 2.45) is 5.73 Å². The molecule has 0 aliphatic heterocycles. The molecule has 94 valence electrons. The number of hydrogen-bond acceptors (Lipinski definition) is 4. The molecule has 0 saturated heterocycles. The molecule has 4 N–H and O–H groups in total. The van der Waals surface area contributed by atoms with E-state index in [1.165, 1.54) is 0 Å². The Labute approximate surface area is 93.8 Å². The van der Waals surface area contributed by atoms with Gasteiger partial charge >= 0.3 is 11.9 Å². The number of nitrogens with two attached hydrogens (primary N) is 1. The second kappa shape index (κ2) is 9.91. The summed E-state index contributed by atoms with van der Waals surface area (Å²) in [5, 5.41) is 14.8. The van der Waals surface area contributed by atoms with Gasteiger partial charge in [-0.15, -0.1) is 0 Å². The maximum atomic E-state index is 10.9. The molecule has 0 radical (unpaired) electrons. The van der Waals surface area contributed by atoms with Gasteiger partial charge in [0.1, 0.15) is 0 Å². The fraction of sp³-hybridized carbons (Fsp3) is 0.667. The molecule has 0 aromatic heterocycles. The van der Waals surface area contributed by atoms with E-state index in [2.05, 4.69) is 0 Å². The first-order valence-electron chi connectivity index (χ1n) is 4.69. The lowest BCUT2D eigenvalue weighted by Crippen LogP contribution is -2.21. The minimum Gasteiger partial charge on any atom is -0.473 e. The third-order valence-corrected chi connectivity index (χ3v) is 1.53. The number of carbonyl (C=O) groups excluding carboxylic acids is 1. The topological polar surface area (TPSA) is 121 Å². The van der Waals surface area contributed by atoms with Gasteiger partial charge in [0.05, 0.1) is 0 Å². The van der Waals surface area contributed by atoms with Crippen molar-refractivity contribution >= 4 is 17.8 Å². The van der Waals surface area contributed by atoms with Gasteiger partial charge in [0.15, 0.2) is 0 Å². The zero-order chi connectivity index (χ0) is 13.1. The number of unbranched alkanes of at least 4 members (excludes halogenated alkanes) is 1. The van der Waals surface area contributed by atoms with Crippen LogP contribution in [0.4, 0.5) is 0 Å². The molecule has 0 aliphatic rings. The van der Waals surface area contributed by atoms with Gasteiger partial charge in [-0.05, 0) is 19.4 Å². The molecule has 0 aromatic rings. The number of amides is 1. The zero-order valence-corrected chi connectivity index (χ0v) is 9.47. The van der Waals surface area contributed by atoms with E-state index in [0.717, 1.165) is 12.8 Å². The molecule has 0 rings (SSSR count). The van der Waals surface area contributed by atoms with Crippen LogP contribution in [-0.2, 0) is 14.4 Å². The Kier molecular flexibility index (Phi) is 10.4. The standard InChI is InChI=1S/C7H16N2O.C2H2O4/c1-9(2)7(10)5-3-4-6-8;3-1(4)2(5)6/h3-6,8H2,1-2H3;(H,3,4)(H,5,6). The average Bonchev–Trinajstić information content (AvgIpc) is 2.18. The first kappa shape index (κ1) is 16.8. The quantitative estimate of drug-likeness (QED) is 0.439. The van der Waals surface area contributed by atoms with Crippen LogP contribution in [-0.4, -0.2) is 53.6 Å². The van der Waals surface area contributed by atoms with Crippen molar-refractivity contribution < 1.29 is 24.6 Å². The third-order valence-electron chi connectivity index (χ3n) is 1.53. The molecule has 1 amide bonds. The lowest BCUT2D eigenvalue weighted by Gasteiger charge is -2.08. The van der Waals surface area contributed by atoms with Crippen LogP contribution in [0.15, 0.2) is 0 Å². The van der Waals surface area contributed by atoms with Crippen LogP contribution in [0.2, 0.25) is 0 Å². The smallest absolute Gasteiger partial charge is 0.414 e. The molecular weight excluding hydrogens is 216 g/mol. The van der Waals surface area contributed by atoms with E-state index in [4.69, 9.17) is 25.5 Å². The highest BCUT2D eigenvalue weighted by molar-refractivity contribution is 6.27. The van der Waals surface area contributed by atoms with E-state index >= 15 is 0 Å². The van der Waals surface area contributed by atoms with Crippen molar-refractivity contribution in [2.45, 2.75) is 19.3 Å². The SMILES string of the molecule is CN(C)C(=O)CCCCN.O=C(O)C(=O)O. The van der Waals surface area contributed by atoms with Crippen LogP contribution >= 0.6 is 0 Å². The van der Waals surface area contributed by atoms with Crippen molar-refractivity contribution in [1.29, 1.82) is 0 Å². The van der Waals surface area contributed by atoms with Crippen molar-refractivity contribution in [3.8, 4) is 0 Å². The van der Waals surface area contributed by atoms with Crippen LogP contribution in [0.1, 0.15) is 19.3 Å².